The van der Waals surface area contributed by atoms with Crippen LogP contribution in [0.4, 0.5) is 0 Å². The van der Waals surface area contributed by atoms with Crippen molar-refractivity contribution in [1.82, 2.24) is 10.0 Å². The maximum atomic E-state index is 12.0. The van der Waals surface area contributed by atoms with Gasteiger partial charge in [0.15, 0.2) is 0 Å². The van der Waals surface area contributed by atoms with Crippen molar-refractivity contribution in [3.8, 4) is 0 Å². The maximum absolute atomic E-state index is 12.0. The van der Waals surface area contributed by atoms with Gasteiger partial charge in [0.05, 0.1) is 6.54 Å². The number of furan rings is 1. The van der Waals surface area contributed by atoms with Crippen LogP contribution in [0.3, 0.4) is 0 Å². The molecule has 0 fully saturated rings. The van der Waals surface area contributed by atoms with E-state index in [2.05, 4.69) is 10.0 Å². The molecule has 6 nitrogen and oxygen atoms in total. The third kappa shape index (κ3) is 5.35. The largest absolute Gasteiger partial charge is 0.447 e. The Morgan fingerprint density at radius 1 is 1.30 bits per heavy atom. The van der Waals surface area contributed by atoms with E-state index >= 15 is 0 Å². The molecule has 0 saturated heterocycles. The first kappa shape index (κ1) is 17.4. The molecule has 0 spiro atoms. The van der Waals surface area contributed by atoms with E-state index in [1.165, 1.54) is 6.07 Å². The smallest absolute Gasteiger partial charge is 0.273 e. The third-order valence-electron chi connectivity index (χ3n) is 2.71. The van der Waals surface area contributed by atoms with Crippen LogP contribution in [-0.2, 0) is 27.4 Å². The van der Waals surface area contributed by atoms with Crippen molar-refractivity contribution < 1.29 is 17.0 Å². The Labute approximate surface area is 122 Å². The molecule has 0 bridgehead atoms. The van der Waals surface area contributed by atoms with Crippen molar-refractivity contribution in [2.24, 2.45) is 0 Å². The molecule has 0 aliphatic carbocycles. The number of rotatable bonds is 8. The normalized spacial score (nSPS) is 15.4. The van der Waals surface area contributed by atoms with Crippen molar-refractivity contribution >= 4 is 20.8 Å². The molecule has 1 aromatic rings. The molecule has 0 radical (unpaired) electrons. The van der Waals surface area contributed by atoms with E-state index in [1.54, 1.807) is 19.2 Å². The zero-order valence-corrected chi connectivity index (χ0v) is 13.8. The molecule has 1 aromatic heterocycles. The zero-order valence-electron chi connectivity index (χ0n) is 12.2. The molecule has 116 valence electrons. The van der Waals surface area contributed by atoms with E-state index in [4.69, 9.17) is 4.42 Å². The molecular weight excluding hydrogens is 300 g/mol. The second-order valence-electron chi connectivity index (χ2n) is 4.92. The molecule has 8 heteroatoms. The Kier molecular flexibility index (Phi) is 6.38. The fourth-order valence-electron chi connectivity index (χ4n) is 1.32. The fourth-order valence-corrected chi connectivity index (χ4v) is 2.82. The summed E-state index contributed by atoms with van der Waals surface area (Å²) in [4.78, 5) is 0. The summed E-state index contributed by atoms with van der Waals surface area (Å²) in [5, 5.41) is 2.78. The van der Waals surface area contributed by atoms with Crippen LogP contribution in [0.1, 0.15) is 26.5 Å². The first-order valence-electron chi connectivity index (χ1n) is 6.36. The lowest BCUT2D eigenvalue weighted by Gasteiger charge is -2.09. The van der Waals surface area contributed by atoms with Gasteiger partial charge in [0.1, 0.15) is 5.76 Å². The molecule has 20 heavy (non-hydrogen) atoms. The Morgan fingerprint density at radius 3 is 2.50 bits per heavy atom. The van der Waals surface area contributed by atoms with Crippen LogP contribution in [0.2, 0.25) is 0 Å². The van der Waals surface area contributed by atoms with Crippen LogP contribution in [0.15, 0.2) is 21.6 Å². The summed E-state index contributed by atoms with van der Waals surface area (Å²) < 4.78 is 42.9. The molecule has 2 unspecified atom stereocenters. The molecule has 0 amide bonds. The first-order valence-corrected chi connectivity index (χ1v) is 9.47. The van der Waals surface area contributed by atoms with E-state index in [-0.39, 0.29) is 16.9 Å². The summed E-state index contributed by atoms with van der Waals surface area (Å²) in [6, 6.07) is 3.34. The summed E-state index contributed by atoms with van der Waals surface area (Å²) >= 11 is 0. The molecule has 1 rings (SSSR count). The van der Waals surface area contributed by atoms with Gasteiger partial charge in [-0.2, -0.15) is 0 Å². The summed E-state index contributed by atoms with van der Waals surface area (Å²) in [6.07, 6.45) is 1.54. The van der Waals surface area contributed by atoms with Crippen molar-refractivity contribution in [3.63, 3.8) is 0 Å². The lowest BCUT2D eigenvalue weighted by molar-refractivity contribution is 0.393. The Bertz CT molecular complexity index is 552. The second kappa shape index (κ2) is 7.35. The topological polar surface area (TPSA) is 88.4 Å². The minimum absolute atomic E-state index is 0.117. The lowest BCUT2D eigenvalue weighted by Crippen LogP contribution is -2.32. The highest BCUT2D eigenvalue weighted by Crippen LogP contribution is 2.14. The van der Waals surface area contributed by atoms with Crippen LogP contribution < -0.4 is 10.0 Å². The van der Waals surface area contributed by atoms with Crippen LogP contribution in [-0.4, -0.2) is 36.7 Å². The predicted molar refractivity (Wildman–Crippen MR) is 79.4 cm³/mol. The highest BCUT2D eigenvalue weighted by atomic mass is 32.2. The highest BCUT2D eigenvalue weighted by Gasteiger charge is 2.20. The first-order chi connectivity index (χ1) is 9.22. The molecule has 0 aliphatic heterocycles. The average molecular weight is 322 g/mol. The minimum atomic E-state index is -3.69. The van der Waals surface area contributed by atoms with Gasteiger partial charge in [-0.1, -0.05) is 13.8 Å². The summed E-state index contributed by atoms with van der Waals surface area (Å²) in [6.45, 7) is 6.30. The van der Waals surface area contributed by atoms with E-state index in [9.17, 15) is 12.6 Å². The summed E-state index contributed by atoms with van der Waals surface area (Å²) in [7, 11) is -4.76. The van der Waals surface area contributed by atoms with Crippen LogP contribution >= 0.6 is 0 Å². The highest BCUT2D eigenvalue weighted by molar-refractivity contribution is 7.89. The van der Waals surface area contributed by atoms with Gasteiger partial charge in [-0.25, -0.2) is 13.1 Å². The molecular formula is C12H22N2O4S2. The van der Waals surface area contributed by atoms with E-state index in [1.807, 2.05) is 13.8 Å². The minimum Gasteiger partial charge on any atom is -0.447 e. The van der Waals surface area contributed by atoms with Gasteiger partial charge in [-0.05, 0) is 19.1 Å². The van der Waals surface area contributed by atoms with Gasteiger partial charge in [0.2, 0.25) is 5.09 Å². The number of hydrogen-bond acceptors (Lipinski definition) is 5. The fraction of sp³-hybridized carbons (Fsp3) is 0.667. The van der Waals surface area contributed by atoms with Crippen molar-refractivity contribution in [1.29, 1.82) is 0 Å². The van der Waals surface area contributed by atoms with Crippen LogP contribution in [0.5, 0.6) is 0 Å². The van der Waals surface area contributed by atoms with Crippen molar-refractivity contribution in [2.45, 2.75) is 43.7 Å². The second-order valence-corrected chi connectivity index (χ2v) is 8.42. The van der Waals surface area contributed by atoms with Crippen LogP contribution in [0.25, 0.3) is 0 Å². The van der Waals surface area contributed by atoms with Gasteiger partial charge in [0.25, 0.3) is 10.0 Å². The number of nitrogens with one attached hydrogen (secondary N) is 2. The predicted octanol–water partition coefficient (Wildman–Crippen LogP) is 0.823. The molecule has 2 atom stereocenters. The molecule has 2 N–H and O–H groups in total. The number of hydrogen-bond donors (Lipinski definition) is 2. The molecule has 1 heterocycles. The monoisotopic (exact) mass is 322 g/mol. The van der Waals surface area contributed by atoms with Crippen LogP contribution in [0, 0.1) is 0 Å². The van der Waals surface area contributed by atoms with E-state index < -0.39 is 20.8 Å². The summed E-state index contributed by atoms with van der Waals surface area (Å²) in [5.74, 6) is 0.561. The molecule has 0 aliphatic rings. The van der Waals surface area contributed by atoms with Gasteiger partial charge in [-0.15, -0.1) is 0 Å². The van der Waals surface area contributed by atoms with E-state index in [0.29, 0.717) is 18.3 Å². The van der Waals surface area contributed by atoms with E-state index in [0.717, 1.165) is 0 Å². The van der Waals surface area contributed by atoms with Crippen molar-refractivity contribution in [3.05, 3.63) is 17.9 Å². The third-order valence-corrected chi connectivity index (χ3v) is 5.31. The molecule has 0 aromatic carbocycles. The summed E-state index contributed by atoms with van der Waals surface area (Å²) in [5.41, 5.74) is 0. The lowest BCUT2D eigenvalue weighted by atomic mass is 10.3. The van der Waals surface area contributed by atoms with Gasteiger partial charge >= 0.3 is 0 Å². The van der Waals surface area contributed by atoms with Gasteiger partial charge in [0, 0.05) is 34.9 Å². The Balaban J connectivity index is 2.66. The Morgan fingerprint density at radius 2 is 1.95 bits per heavy atom. The molecule has 0 saturated carbocycles. The number of sulfonamides is 1. The quantitative estimate of drug-likeness (QED) is 0.740. The van der Waals surface area contributed by atoms with Crippen molar-refractivity contribution in [2.75, 3.05) is 12.8 Å². The standard InChI is InChI=1S/C12H22N2O4S2/c1-9(2)13-8-11-5-6-12(18-11)20(16,17)14-7-10(3)19(4)15/h5-6,9-10,13-14H,7-8H2,1-4H3. The Hall–Kier alpha value is -0.700. The average Bonchev–Trinajstić information content (AvgIpc) is 2.82. The maximum Gasteiger partial charge on any atom is 0.273 e. The van der Waals surface area contributed by atoms with Gasteiger partial charge in [-0.3, -0.25) is 4.21 Å². The zero-order chi connectivity index (χ0) is 15.3. The SMILES string of the molecule is CC(C)NCc1ccc(S(=O)(=O)NCC(C)S(C)=O)o1. The van der Waals surface area contributed by atoms with Gasteiger partial charge < -0.3 is 9.73 Å².